The van der Waals surface area contributed by atoms with Crippen molar-refractivity contribution in [3.63, 3.8) is 0 Å². The van der Waals surface area contributed by atoms with Crippen molar-refractivity contribution < 1.29 is 37.0 Å². The van der Waals surface area contributed by atoms with Crippen LogP contribution in [0, 0.1) is 0 Å². The zero-order valence-corrected chi connectivity index (χ0v) is 11.6. The minimum atomic E-state index is -0.833. The predicted octanol–water partition coefficient (Wildman–Crippen LogP) is 1.80. The van der Waals surface area contributed by atoms with E-state index in [4.69, 9.17) is 19.2 Å². The van der Waals surface area contributed by atoms with E-state index in [0.29, 0.717) is 17.8 Å². The molecule has 1 saturated heterocycles. The Morgan fingerprint density at radius 3 is 1.60 bits per heavy atom. The molecular formula is C9H19BO4Pd. The molecular weight excluding hydrogens is 289 g/mol. The molecule has 92 valence electrons. The number of rotatable bonds is 1. The van der Waals surface area contributed by atoms with Crippen LogP contribution in [-0.2, 0) is 31.9 Å². The molecule has 1 N–H and O–H groups in total. The number of hydrogen-bond acceptors (Lipinski definition) is 3. The van der Waals surface area contributed by atoms with Gasteiger partial charge in [-0.1, -0.05) is 0 Å². The molecule has 0 aromatic heterocycles. The summed E-state index contributed by atoms with van der Waals surface area (Å²) in [5, 5.41) is 9.54. The maximum atomic E-state index is 9.00. The standard InChI is InChI=1S/C6H12BO2.C2H4O2.CH3.Pd/c1-5(2)6(3,4)9-7-8-5;1-2(3)4;;/h1-4H3;1H3,(H,3,4);1H3;/q+1;;;-1. The Labute approximate surface area is 99.8 Å². The molecule has 0 unspecified atom stereocenters. The summed E-state index contributed by atoms with van der Waals surface area (Å²) < 4.78 is 11.4. The second-order valence-electron chi connectivity index (χ2n) is 4.20. The summed E-state index contributed by atoms with van der Waals surface area (Å²) >= 11 is 0.522. The summed E-state index contributed by atoms with van der Waals surface area (Å²) in [4.78, 5) is 9.00. The zero-order valence-electron chi connectivity index (χ0n) is 10.1. The van der Waals surface area contributed by atoms with Crippen LogP contribution < -0.4 is 0 Å². The van der Waals surface area contributed by atoms with Crippen LogP contribution in [0.5, 0.6) is 0 Å². The first kappa shape index (κ1) is 15.1. The first-order valence-electron chi connectivity index (χ1n) is 4.56. The molecule has 0 spiro atoms. The van der Waals surface area contributed by atoms with Crippen molar-refractivity contribution in [3.05, 3.63) is 0 Å². The molecule has 0 aromatic carbocycles. The fourth-order valence-electron chi connectivity index (χ4n) is 0.809. The van der Waals surface area contributed by atoms with Crippen molar-refractivity contribution in [2.45, 2.75) is 51.2 Å². The van der Waals surface area contributed by atoms with Crippen molar-refractivity contribution in [1.29, 1.82) is 0 Å². The first-order chi connectivity index (χ1) is 6.62. The Morgan fingerprint density at radius 1 is 1.20 bits per heavy atom. The van der Waals surface area contributed by atoms with Crippen molar-refractivity contribution in [2.75, 3.05) is 0 Å². The Hall–Kier alpha value is 0.117. The van der Waals surface area contributed by atoms with Crippen LogP contribution in [0.3, 0.4) is 0 Å². The van der Waals surface area contributed by atoms with Crippen molar-refractivity contribution >= 4 is 11.4 Å². The normalized spacial score (nSPS) is 22.1. The number of carbonyl (C=O) groups is 1. The van der Waals surface area contributed by atoms with Crippen LogP contribution in [0.15, 0.2) is 0 Å². The average molecular weight is 308 g/mol. The Balaban J connectivity index is 0.000000423. The fraction of sp³-hybridized carbons (Fsp3) is 0.889. The molecule has 0 bridgehead atoms. The van der Waals surface area contributed by atoms with Gasteiger partial charge in [-0.15, -0.1) is 0 Å². The van der Waals surface area contributed by atoms with E-state index in [-0.39, 0.29) is 16.7 Å². The molecule has 0 amide bonds. The Bertz CT molecular complexity index is 210. The number of carboxylic acid groups (broad SMARTS) is 1. The summed E-state index contributed by atoms with van der Waals surface area (Å²) in [6.07, 6.45) is 0. The third kappa shape index (κ3) is 4.65. The van der Waals surface area contributed by atoms with Crippen LogP contribution in [-0.4, -0.2) is 27.8 Å². The van der Waals surface area contributed by atoms with Crippen LogP contribution in [0.2, 0.25) is 5.40 Å². The third-order valence-electron chi connectivity index (χ3n) is 2.36. The number of aliphatic carboxylic acids is 1. The Morgan fingerprint density at radius 2 is 1.47 bits per heavy atom. The molecule has 1 rings (SSSR count). The van der Waals surface area contributed by atoms with Gasteiger partial charge in [-0.05, 0) is 0 Å². The maximum absolute atomic E-state index is 9.00. The van der Waals surface area contributed by atoms with E-state index in [9.17, 15) is 0 Å². The quantitative estimate of drug-likeness (QED) is 0.751. The molecule has 0 aliphatic carbocycles. The summed E-state index contributed by atoms with van der Waals surface area (Å²) in [6, 6.07) is 0. The summed E-state index contributed by atoms with van der Waals surface area (Å²) in [6.45, 7) is 9.40. The van der Waals surface area contributed by atoms with Gasteiger partial charge in [-0.3, -0.25) is 4.79 Å². The monoisotopic (exact) mass is 308 g/mol. The summed E-state index contributed by atoms with van der Waals surface area (Å²) in [5.74, 6) is -0.833. The molecule has 0 atom stereocenters. The Kier molecular flexibility index (Phi) is 5.49. The van der Waals surface area contributed by atoms with Crippen LogP contribution in [0.25, 0.3) is 0 Å². The van der Waals surface area contributed by atoms with Crippen molar-refractivity contribution in [2.24, 2.45) is 0 Å². The van der Waals surface area contributed by atoms with Gasteiger partial charge >= 0.3 is 76.9 Å². The molecule has 15 heavy (non-hydrogen) atoms. The van der Waals surface area contributed by atoms with E-state index < -0.39 is 5.97 Å². The second kappa shape index (κ2) is 5.45. The molecule has 1 aliphatic heterocycles. The molecule has 1 aliphatic rings. The molecule has 1 fully saturated rings. The fourth-order valence-corrected chi connectivity index (χ4v) is 2.09. The number of carboxylic acids is 1. The van der Waals surface area contributed by atoms with Gasteiger partial charge in [0.15, 0.2) is 0 Å². The van der Waals surface area contributed by atoms with Gasteiger partial charge in [0.05, 0.1) is 0 Å². The van der Waals surface area contributed by atoms with Crippen LogP contribution in [0.1, 0.15) is 34.6 Å². The molecule has 1 heterocycles. The van der Waals surface area contributed by atoms with E-state index in [1.807, 2.05) is 0 Å². The van der Waals surface area contributed by atoms with Gasteiger partial charge in [-0.25, -0.2) is 0 Å². The molecule has 0 aromatic rings. The number of hydrogen-bond donors (Lipinski definition) is 1. The van der Waals surface area contributed by atoms with Crippen molar-refractivity contribution in [3.8, 4) is 0 Å². The van der Waals surface area contributed by atoms with Gasteiger partial charge in [0.2, 0.25) is 0 Å². The third-order valence-corrected chi connectivity index (χ3v) is 3.46. The summed E-state index contributed by atoms with van der Waals surface area (Å²) in [7, 11) is 0. The molecule has 0 saturated carbocycles. The second-order valence-corrected chi connectivity index (χ2v) is 5.83. The predicted molar refractivity (Wildman–Crippen MR) is 55.3 cm³/mol. The van der Waals surface area contributed by atoms with E-state index in [1.54, 1.807) is 0 Å². The zero-order chi connectivity index (χ0) is 12.3. The molecule has 6 heteroatoms. The van der Waals surface area contributed by atoms with Gasteiger partial charge in [0.25, 0.3) is 5.97 Å². The topological polar surface area (TPSA) is 55.8 Å². The minimum absolute atomic E-state index is 0.0361. The van der Waals surface area contributed by atoms with E-state index in [0.717, 1.165) is 6.92 Å². The van der Waals surface area contributed by atoms with Gasteiger partial charge < -0.3 is 5.11 Å². The van der Waals surface area contributed by atoms with Gasteiger partial charge in [0, 0.05) is 6.92 Å². The van der Waals surface area contributed by atoms with E-state index in [2.05, 4.69) is 33.1 Å². The summed E-state index contributed by atoms with van der Waals surface area (Å²) in [5.41, 5.74) is -0.257. The van der Waals surface area contributed by atoms with Gasteiger partial charge in [-0.2, -0.15) is 0 Å². The van der Waals surface area contributed by atoms with E-state index in [1.165, 1.54) is 0 Å². The molecule has 0 radical (unpaired) electrons. The molecule has 4 nitrogen and oxygen atoms in total. The van der Waals surface area contributed by atoms with Crippen LogP contribution >= 0.6 is 0 Å². The van der Waals surface area contributed by atoms with Crippen LogP contribution in [0.4, 0.5) is 0 Å². The SMILES string of the molecule is CC(=O)O.[CH3][Pd][B]1OC(C)(C)C(C)(C)O1. The van der Waals surface area contributed by atoms with Crippen molar-refractivity contribution in [1.82, 2.24) is 0 Å². The first-order valence-corrected chi connectivity index (χ1v) is 7.01. The average Bonchev–Trinajstić information content (AvgIpc) is 2.20. The van der Waals surface area contributed by atoms with E-state index >= 15 is 0 Å². The van der Waals surface area contributed by atoms with Gasteiger partial charge in [0.1, 0.15) is 0 Å².